The van der Waals surface area contributed by atoms with Crippen LogP contribution in [0.25, 0.3) is 10.2 Å². The molecule has 0 saturated carbocycles. The molecule has 1 amide bonds. The van der Waals surface area contributed by atoms with E-state index in [1.165, 1.54) is 5.57 Å². The molecule has 4 nitrogen and oxygen atoms in total. The predicted molar refractivity (Wildman–Crippen MR) is 98.3 cm³/mol. The van der Waals surface area contributed by atoms with Gasteiger partial charge in [-0.3, -0.25) is 4.79 Å². The fourth-order valence-electron chi connectivity index (χ4n) is 2.79. The van der Waals surface area contributed by atoms with Crippen LogP contribution in [0.5, 0.6) is 0 Å². The second kappa shape index (κ2) is 7.20. The van der Waals surface area contributed by atoms with Gasteiger partial charge in [0, 0.05) is 25.1 Å². The number of nitrogens with one attached hydrogen (secondary N) is 1. The van der Waals surface area contributed by atoms with Crippen LogP contribution in [0.3, 0.4) is 0 Å². The average Bonchev–Trinajstić information content (AvgIpc) is 3.21. The third kappa shape index (κ3) is 3.70. The molecule has 1 aliphatic heterocycles. The Balaban J connectivity index is 1.84. The molecule has 3 rings (SSSR count). The zero-order valence-corrected chi connectivity index (χ0v) is 15.8. The Morgan fingerprint density at radius 2 is 2.39 bits per heavy atom. The Hall–Kier alpha value is -1.11. The van der Waals surface area contributed by atoms with Gasteiger partial charge in [0.05, 0.1) is 20.8 Å². The van der Waals surface area contributed by atoms with Crippen molar-refractivity contribution in [1.29, 1.82) is 0 Å². The van der Waals surface area contributed by atoms with Crippen molar-refractivity contribution in [3.8, 4) is 0 Å². The zero-order chi connectivity index (χ0) is 16.4. The highest BCUT2D eigenvalue weighted by Crippen LogP contribution is 2.33. The lowest BCUT2D eigenvalue weighted by Gasteiger charge is -2.12. The quantitative estimate of drug-likeness (QED) is 0.763. The normalized spacial score (nSPS) is 17.6. The molecular formula is C17H21BrN2O2S. The number of fused-ring (bicyclic) bond motifs is 1. The van der Waals surface area contributed by atoms with Crippen molar-refractivity contribution in [2.24, 2.45) is 0 Å². The van der Waals surface area contributed by atoms with E-state index in [0.29, 0.717) is 18.8 Å². The van der Waals surface area contributed by atoms with Gasteiger partial charge in [0.2, 0.25) is 0 Å². The lowest BCUT2D eigenvalue weighted by molar-refractivity contribution is 0.0851. The van der Waals surface area contributed by atoms with Gasteiger partial charge in [0.1, 0.15) is 5.69 Å². The van der Waals surface area contributed by atoms with Gasteiger partial charge in [-0.25, -0.2) is 0 Å². The van der Waals surface area contributed by atoms with Crippen LogP contribution in [0.15, 0.2) is 27.6 Å². The summed E-state index contributed by atoms with van der Waals surface area (Å²) < 4.78 is 9.82. The Morgan fingerprint density at radius 3 is 3.09 bits per heavy atom. The minimum absolute atomic E-state index is 0.0297. The predicted octanol–water partition coefficient (Wildman–Crippen LogP) is 4.34. The third-order valence-corrected chi connectivity index (χ3v) is 5.83. The highest BCUT2D eigenvalue weighted by molar-refractivity contribution is 9.10. The van der Waals surface area contributed by atoms with E-state index in [4.69, 9.17) is 4.74 Å². The van der Waals surface area contributed by atoms with Crippen LogP contribution in [0.4, 0.5) is 0 Å². The average molecular weight is 397 g/mol. The molecule has 0 aliphatic carbocycles. The van der Waals surface area contributed by atoms with E-state index in [1.54, 1.807) is 11.3 Å². The minimum Gasteiger partial charge on any atom is -0.376 e. The molecule has 1 aliphatic rings. The number of allylic oxidation sites excluding steroid dienone is 2. The molecule has 2 aromatic heterocycles. The van der Waals surface area contributed by atoms with Gasteiger partial charge in [0.15, 0.2) is 0 Å². The van der Waals surface area contributed by atoms with E-state index < -0.39 is 0 Å². The van der Waals surface area contributed by atoms with Crippen molar-refractivity contribution >= 4 is 43.4 Å². The molecule has 0 spiro atoms. The monoisotopic (exact) mass is 396 g/mol. The van der Waals surface area contributed by atoms with Gasteiger partial charge < -0.3 is 14.6 Å². The summed E-state index contributed by atoms with van der Waals surface area (Å²) in [6, 6.07) is 1.98. The first-order valence-electron chi connectivity index (χ1n) is 7.85. The number of halogens is 1. The summed E-state index contributed by atoms with van der Waals surface area (Å²) in [7, 11) is 0. The summed E-state index contributed by atoms with van der Waals surface area (Å²) >= 11 is 5.25. The van der Waals surface area contributed by atoms with Crippen molar-refractivity contribution in [2.75, 3.05) is 13.2 Å². The first-order chi connectivity index (χ1) is 11.1. The van der Waals surface area contributed by atoms with E-state index in [1.807, 2.05) is 6.07 Å². The molecule has 0 aromatic carbocycles. The summed E-state index contributed by atoms with van der Waals surface area (Å²) in [5.41, 5.74) is 3.04. The van der Waals surface area contributed by atoms with Crippen LogP contribution in [-0.4, -0.2) is 29.7 Å². The number of thiophene rings is 1. The molecular weight excluding hydrogens is 376 g/mol. The van der Waals surface area contributed by atoms with E-state index in [-0.39, 0.29) is 12.0 Å². The first kappa shape index (κ1) is 16.7. The molecule has 0 bridgehead atoms. The van der Waals surface area contributed by atoms with Crippen LogP contribution < -0.4 is 5.32 Å². The summed E-state index contributed by atoms with van der Waals surface area (Å²) in [5, 5.41) is 5.09. The molecule has 0 radical (unpaired) electrons. The molecule has 1 atom stereocenters. The highest BCUT2D eigenvalue weighted by Gasteiger charge is 2.20. The van der Waals surface area contributed by atoms with Crippen LogP contribution >= 0.6 is 27.3 Å². The largest absolute Gasteiger partial charge is 0.376 e. The standard InChI is InChI=1S/C17H21BrN2O2S/c1-11(2)5-6-20-14(8-15-16(20)13(18)10-23-15)17(21)19-9-12-4-3-7-22-12/h5,8,10,12H,3-4,6-7,9H2,1-2H3,(H,19,21)/t12-/m0/s1. The van der Waals surface area contributed by atoms with E-state index in [0.717, 1.165) is 34.1 Å². The van der Waals surface area contributed by atoms with Crippen molar-refractivity contribution in [2.45, 2.75) is 39.3 Å². The third-order valence-electron chi connectivity index (χ3n) is 4.01. The van der Waals surface area contributed by atoms with Crippen molar-refractivity contribution in [3.63, 3.8) is 0 Å². The van der Waals surface area contributed by atoms with Crippen LogP contribution in [0, 0.1) is 0 Å². The van der Waals surface area contributed by atoms with Crippen LogP contribution in [0.1, 0.15) is 37.2 Å². The van der Waals surface area contributed by atoms with Crippen molar-refractivity contribution in [1.82, 2.24) is 9.88 Å². The van der Waals surface area contributed by atoms with Crippen molar-refractivity contribution < 1.29 is 9.53 Å². The number of rotatable bonds is 5. The number of carbonyl (C=O) groups is 1. The van der Waals surface area contributed by atoms with Gasteiger partial charge in [-0.05, 0) is 48.7 Å². The molecule has 0 unspecified atom stereocenters. The van der Waals surface area contributed by atoms with E-state index >= 15 is 0 Å². The van der Waals surface area contributed by atoms with Gasteiger partial charge in [0.25, 0.3) is 5.91 Å². The summed E-state index contributed by atoms with van der Waals surface area (Å²) in [4.78, 5) is 12.6. The number of hydrogen-bond acceptors (Lipinski definition) is 3. The minimum atomic E-state index is -0.0297. The maximum absolute atomic E-state index is 12.6. The highest BCUT2D eigenvalue weighted by atomic mass is 79.9. The van der Waals surface area contributed by atoms with Gasteiger partial charge in [-0.1, -0.05) is 11.6 Å². The fourth-order valence-corrected chi connectivity index (χ4v) is 4.48. The summed E-state index contributed by atoms with van der Waals surface area (Å²) in [6.07, 6.45) is 4.41. The number of aromatic nitrogens is 1. The Kier molecular flexibility index (Phi) is 5.24. The summed E-state index contributed by atoms with van der Waals surface area (Å²) in [6.45, 7) is 6.23. The molecule has 1 fully saturated rings. The van der Waals surface area contributed by atoms with Gasteiger partial charge in [-0.2, -0.15) is 0 Å². The van der Waals surface area contributed by atoms with Gasteiger partial charge in [-0.15, -0.1) is 11.3 Å². The molecule has 1 N–H and O–H groups in total. The number of nitrogens with zero attached hydrogens (tertiary/aromatic N) is 1. The lowest BCUT2D eigenvalue weighted by atomic mass is 10.2. The maximum Gasteiger partial charge on any atom is 0.268 e. The molecule has 23 heavy (non-hydrogen) atoms. The Labute approximate surface area is 148 Å². The SMILES string of the molecule is CC(C)=CCn1c(C(=O)NC[C@@H]2CCCO2)cc2scc(Br)c21. The number of hydrogen-bond donors (Lipinski definition) is 1. The molecule has 2 aromatic rings. The maximum atomic E-state index is 12.6. The van der Waals surface area contributed by atoms with Crippen molar-refractivity contribution in [3.05, 3.63) is 33.3 Å². The van der Waals surface area contributed by atoms with Crippen LogP contribution in [0.2, 0.25) is 0 Å². The second-order valence-electron chi connectivity index (χ2n) is 6.06. The molecule has 6 heteroatoms. The van der Waals surface area contributed by atoms with E-state index in [9.17, 15) is 4.79 Å². The fraction of sp³-hybridized carbons (Fsp3) is 0.471. The second-order valence-corrected chi connectivity index (χ2v) is 7.83. The Morgan fingerprint density at radius 1 is 1.57 bits per heavy atom. The lowest BCUT2D eigenvalue weighted by Crippen LogP contribution is -2.33. The Bertz CT molecular complexity index is 737. The number of amides is 1. The smallest absolute Gasteiger partial charge is 0.268 e. The topological polar surface area (TPSA) is 43.3 Å². The molecule has 1 saturated heterocycles. The number of carbonyl (C=O) groups excluding carboxylic acids is 1. The van der Waals surface area contributed by atoms with Gasteiger partial charge >= 0.3 is 0 Å². The first-order valence-corrected chi connectivity index (χ1v) is 9.53. The zero-order valence-electron chi connectivity index (χ0n) is 13.4. The summed E-state index contributed by atoms with van der Waals surface area (Å²) in [5.74, 6) is -0.0297. The molecule has 124 valence electrons. The van der Waals surface area contributed by atoms with E-state index in [2.05, 4.69) is 51.1 Å². The van der Waals surface area contributed by atoms with Crippen LogP contribution in [-0.2, 0) is 11.3 Å². The molecule has 3 heterocycles. The number of ether oxygens (including phenoxy) is 1.